The van der Waals surface area contributed by atoms with Crippen molar-refractivity contribution in [3.05, 3.63) is 35.8 Å². The van der Waals surface area contributed by atoms with Crippen LogP contribution in [0.1, 0.15) is 45.3 Å². The quantitative estimate of drug-likeness (QED) is 0.855. The lowest BCUT2D eigenvalue weighted by molar-refractivity contribution is -0.00243. The van der Waals surface area contributed by atoms with E-state index in [1.807, 2.05) is 13.8 Å². The van der Waals surface area contributed by atoms with E-state index in [-0.39, 0.29) is 11.4 Å². The zero-order chi connectivity index (χ0) is 13.2. The first-order valence-corrected chi connectivity index (χ1v) is 6.51. The summed E-state index contributed by atoms with van der Waals surface area (Å²) in [6.07, 6.45) is 2.97. The van der Waals surface area contributed by atoms with Gasteiger partial charge in [-0.3, -0.25) is 0 Å². The molecule has 0 radical (unpaired) electrons. The van der Waals surface area contributed by atoms with Gasteiger partial charge in [0.2, 0.25) is 0 Å². The Kier molecular flexibility index (Phi) is 3.71. The fourth-order valence-corrected chi connectivity index (χ4v) is 2.46. The van der Waals surface area contributed by atoms with Crippen LogP contribution in [-0.4, -0.2) is 5.11 Å². The van der Waals surface area contributed by atoms with Crippen LogP contribution < -0.4 is 0 Å². The lowest BCUT2D eigenvalue weighted by Gasteiger charge is -2.24. The SMILES string of the molecule is CCCC(O)(CCC)c1cc2cccc(F)c2o1. The molecule has 98 valence electrons. The lowest BCUT2D eigenvalue weighted by Crippen LogP contribution is -2.24. The molecule has 0 saturated carbocycles. The molecule has 0 saturated heterocycles. The molecule has 0 aliphatic heterocycles. The van der Waals surface area contributed by atoms with Crippen molar-refractivity contribution in [2.75, 3.05) is 0 Å². The maximum atomic E-state index is 13.6. The molecule has 1 aromatic heterocycles. The Balaban J connectivity index is 2.48. The summed E-state index contributed by atoms with van der Waals surface area (Å²) in [5.74, 6) is 0.0976. The van der Waals surface area contributed by atoms with Crippen molar-refractivity contribution in [3.8, 4) is 0 Å². The van der Waals surface area contributed by atoms with Gasteiger partial charge in [0.15, 0.2) is 11.4 Å². The van der Waals surface area contributed by atoms with Crippen LogP contribution in [0.3, 0.4) is 0 Å². The van der Waals surface area contributed by atoms with E-state index in [4.69, 9.17) is 4.42 Å². The Morgan fingerprint density at radius 1 is 1.22 bits per heavy atom. The number of benzene rings is 1. The van der Waals surface area contributed by atoms with E-state index in [0.29, 0.717) is 24.0 Å². The Bertz CT molecular complexity index is 524. The van der Waals surface area contributed by atoms with Crippen molar-refractivity contribution in [1.29, 1.82) is 0 Å². The van der Waals surface area contributed by atoms with E-state index >= 15 is 0 Å². The highest BCUT2D eigenvalue weighted by Gasteiger charge is 2.31. The minimum absolute atomic E-state index is 0.234. The number of fused-ring (bicyclic) bond motifs is 1. The van der Waals surface area contributed by atoms with Crippen LogP contribution >= 0.6 is 0 Å². The van der Waals surface area contributed by atoms with Gasteiger partial charge in [0.1, 0.15) is 11.4 Å². The summed E-state index contributed by atoms with van der Waals surface area (Å²) < 4.78 is 19.1. The fourth-order valence-electron chi connectivity index (χ4n) is 2.46. The van der Waals surface area contributed by atoms with E-state index in [0.717, 1.165) is 12.8 Å². The zero-order valence-electron chi connectivity index (χ0n) is 10.9. The molecule has 1 heterocycles. The van der Waals surface area contributed by atoms with Gasteiger partial charge in [0.05, 0.1) is 0 Å². The molecular formula is C15H19FO2. The first kappa shape index (κ1) is 13.1. The summed E-state index contributed by atoms with van der Waals surface area (Å²) in [4.78, 5) is 0. The van der Waals surface area contributed by atoms with Gasteiger partial charge in [0.25, 0.3) is 0 Å². The minimum Gasteiger partial charge on any atom is -0.455 e. The molecule has 0 unspecified atom stereocenters. The third-order valence-electron chi connectivity index (χ3n) is 3.28. The normalized spacial score (nSPS) is 12.2. The molecule has 0 spiro atoms. The molecule has 2 rings (SSSR count). The molecule has 0 aliphatic rings. The van der Waals surface area contributed by atoms with Crippen LogP contribution in [0.4, 0.5) is 4.39 Å². The van der Waals surface area contributed by atoms with Gasteiger partial charge in [0, 0.05) is 5.39 Å². The van der Waals surface area contributed by atoms with E-state index in [1.54, 1.807) is 18.2 Å². The Labute approximate surface area is 106 Å². The summed E-state index contributed by atoms with van der Waals surface area (Å²) in [7, 11) is 0. The summed E-state index contributed by atoms with van der Waals surface area (Å²) in [5, 5.41) is 11.4. The van der Waals surface area contributed by atoms with Crippen molar-refractivity contribution in [1.82, 2.24) is 0 Å². The van der Waals surface area contributed by atoms with Crippen molar-refractivity contribution in [2.45, 2.75) is 45.1 Å². The topological polar surface area (TPSA) is 33.4 Å². The molecular weight excluding hydrogens is 231 g/mol. The highest BCUT2D eigenvalue weighted by atomic mass is 19.1. The summed E-state index contributed by atoms with van der Waals surface area (Å²) in [5.41, 5.74) is -0.743. The highest BCUT2D eigenvalue weighted by molar-refractivity contribution is 5.78. The standard InChI is InChI=1S/C15H19FO2/c1-3-8-15(17,9-4-2)13-10-11-6-5-7-12(16)14(11)18-13/h5-7,10,17H,3-4,8-9H2,1-2H3. The smallest absolute Gasteiger partial charge is 0.170 e. The van der Waals surface area contributed by atoms with Crippen LogP contribution in [0.25, 0.3) is 11.0 Å². The molecule has 3 heteroatoms. The fraction of sp³-hybridized carbons (Fsp3) is 0.467. The molecule has 2 aromatic rings. The van der Waals surface area contributed by atoms with Crippen LogP contribution in [0, 0.1) is 5.82 Å². The molecule has 2 nitrogen and oxygen atoms in total. The number of aliphatic hydroxyl groups is 1. The van der Waals surface area contributed by atoms with Crippen LogP contribution in [0.5, 0.6) is 0 Å². The molecule has 1 N–H and O–H groups in total. The molecule has 0 amide bonds. The van der Waals surface area contributed by atoms with Gasteiger partial charge in [-0.1, -0.05) is 38.8 Å². The minimum atomic E-state index is -0.977. The number of hydrogen-bond acceptors (Lipinski definition) is 2. The number of hydrogen-bond donors (Lipinski definition) is 1. The van der Waals surface area contributed by atoms with E-state index in [2.05, 4.69) is 0 Å². The van der Waals surface area contributed by atoms with Gasteiger partial charge < -0.3 is 9.52 Å². The molecule has 0 atom stereocenters. The lowest BCUT2D eigenvalue weighted by atomic mass is 9.90. The Hall–Kier alpha value is -1.35. The zero-order valence-corrected chi connectivity index (χ0v) is 10.9. The highest BCUT2D eigenvalue weighted by Crippen LogP contribution is 2.35. The average Bonchev–Trinajstić information content (AvgIpc) is 2.75. The average molecular weight is 250 g/mol. The molecule has 0 fully saturated rings. The van der Waals surface area contributed by atoms with Gasteiger partial charge in [-0.2, -0.15) is 0 Å². The third-order valence-corrected chi connectivity index (χ3v) is 3.28. The largest absolute Gasteiger partial charge is 0.455 e. The van der Waals surface area contributed by atoms with Crippen molar-refractivity contribution >= 4 is 11.0 Å². The van der Waals surface area contributed by atoms with Gasteiger partial charge in [-0.15, -0.1) is 0 Å². The number of furan rings is 1. The van der Waals surface area contributed by atoms with Crippen LogP contribution in [0.2, 0.25) is 0 Å². The number of halogens is 1. The van der Waals surface area contributed by atoms with E-state index < -0.39 is 5.60 Å². The Morgan fingerprint density at radius 3 is 2.44 bits per heavy atom. The van der Waals surface area contributed by atoms with Gasteiger partial charge in [-0.25, -0.2) is 4.39 Å². The van der Waals surface area contributed by atoms with Crippen molar-refractivity contribution < 1.29 is 13.9 Å². The second-order valence-corrected chi connectivity index (χ2v) is 4.80. The van der Waals surface area contributed by atoms with E-state index in [1.165, 1.54) is 6.07 Å². The first-order valence-electron chi connectivity index (χ1n) is 6.51. The maximum Gasteiger partial charge on any atom is 0.170 e. The van der Waals surface area contributed by atoms with Gasteiger partial charge >= 0.3 is 0 Å². The first-order chi connectivity index (χ1) is 8.60. The molecule has 18 heavy (non-hydrogen) atoms. The molecule has 0 aliphatic carbocycles. The van der Waals surface area contributed by atoms with Crippen LogP contribution in [0.15, 0.2) is 28.7 Å². The number of para-hydroxylation sites is 1. The van der Waals surface area contributed by atoms with E-state index in [9.17, 15) is 9.50 Å². The second kappa shape index (κ2) is 5.11. The summed E-state index contributed by atoms with van der Waals surface area (Å²) in [6.45, 7) is 4.04. The Morgan fingerprint density at radius 2 is 1.89 bits per heavy atom. The van der Waals surface area contributed by atoms with Crippen molar-refractivity contribution in [2.24, 2.45) is 0 Å². The van der Waals surface area contributed by atoms with Gasteiger partial charge in [-0.05, 0) is 25.0 Å². The van der Waals surface area contributed by atoms with Crippen molar-refractivity contribution in [3.63, 3.8) is 0 Å². The predicted octanol–water partition coefficient (Wildman–Crippen LogP) is 4.36. The van der Waals surface area contributed by atoms with Crippen LogP contribution in [-0.2, 0) is 5.60 Å². The maximum absolute atomic E-state index is 13.6. The molecule has 1 aromatic carbocycles. The number of rotatable bonds is 5. The second-order valence-electron chi connectivity index (χ2n) is 4.80. The predicted molar refractivity (Wildman–Crippen MR) is 69.9 cm³/mol. The monoisotopic (exact) mass is 250 g/mol. The third kappa shape index (κ3) is 2.27. The summed E-state index contributed by atoms with van der Waals surface area (Å²) >= 11 is 0. The molecule has 0 bridgehead atoms. The summed E-state index contributed by atoms with van der Waals surface area (Å²) in [6, 6.07) is 6.57.